The molecule has 7 heteroatoms. The molecular weight excluding hydrogens is 350 g/mol. The molecule has 3 rings (SSSR count). The maximum Gasteiger partial charge on any atom is 0.260 e. The molecule has 2 aliphatic heterocycles. The first kappa shape index (κ1) is 19.0. The fourth-order valence-corrected chi connectivity index (χ4v) is 4.90. The van der Waals surface area contributed by atoms with Crippen molar-refractivity contribution in [2.75, 3.05) is 44.4 Å². The van der Waals surface area contributed by atoms with Gasteiger partial charge in [-0.15, -0.1) is 0 Å². The second-order valence-corrected chi connectivity index (χ2v) is 7.85. The van der Waals surface area contributed by atoms with E-state index in [9.17, 15) is 4.79 Å². The third-order valence-corrected chi connectivity index (χ3v) is 6.24. The van der Waals surface area contributed by atoms with Crippen LogP contribution in [0.15, 0.2) is 24.3 Å². The summed E-state index contributed by atoms with van der Waals surface area (Å²) in [6, 6.07) is 8.94. The molecule has 0 aromatic heterocycles. The van der Waals surface area contributed by atoms with Gasteiger partial charge >= 0.3 is 0 Å². The minimum absolute atomic E-state index is 0.0184. The van der Waals surface area contributed by atoms with Crippen LogP contribution in [0, 0.1) is 11.3 Å². The van der Waals surface area contributed by atoms with E-state index in [0.29, 0.717) is 17.9 Å². The number of nitrogens with zero attached hydrogens (tertiary/aromatic N) is 2. The van der Waals surface area contributed by atoms with Gasteiger partial charge in [-0.3, -0.25) is 9.69 Å². The molecule has 140 valence electrons. The van der Waals surface area contributed by atoms with Gasteiger partial charge in [0.05, 0.1) is 24.8 Å². The molecule has 2 atom stereocenters. The highest BCUT2D eigenvalue weighted by Gasteiger charge is 2.41. The fourth-order valence-electron chi connectivity index (χ4n) is 3.43. The number of thioether (sulfide) groups is 1. The van der Waals surface area contributed by atoms with Crippen molar-refractivity contribution in [2.24, 2.45) is 0 Å². The molecular formula is C19H25N3O3S. The third-order valence-electron chi connectivity index (χ3n) is 5.00. The molecule has 0 unspecified atom stereocenters. The van der Waals surface area contributed by atoms with Crippen LogP contribution in [0.5, 0.6) is 5.75 Å². The van der Waals surface area contributed by atoms with Crippen LogP contribution >= 0.6 is 11.8 Å². The van der Waals surface area contributed by atoms with Gasteiger partial charge in [0.25, 0.3) is 5.91 Å². The largest absolute Gasteiger partial charge is 0.481 e. The monoisotopic (exact) mass is 375 g/mol. The van der Waals surface area contributed by atoms with Crippen molar-refractivity contribution in [1.82, 2.24) is 10.2 Å². The van der Waals surface area contributed by atoms with E-state index < -0.39 is 6.10 Å². The van der Waals surface area contributed by atoms with Crippen LogP contribution in [0.1, 0.15) is 18.9 Å². The summed E-state index contributed by atoms with van der Waals surface area (Å²) in [4.78, 5) is 15.0. The Labute approximate surface area is 158 Å². The zero-order valence-electron chi connectivity index (χ0n) is 15.1. The van der Waals surface area contributed by atoms with Gasteiger partial charge in [0, 0.05) is 30.9 Å². The molecule has 1 aromatic rings. The lowest BCUT2D eigenvalue weighted by Crippen LogP contribution is -2.59. The lowest BCUT2D eigenvalue weighted by molar-refractivity contribution is -0.128. The first-order valence-electron chi connectivity index (χ1n) is 8.98. The second-order valence-electron chi connectivity index (χ2n) is 6.74. The van der Waals surface area contributed by atoms with Gasteiger partial charge in [-0.2, -0.15) is 17.0 Å². The smallest absolute Gasteiger partial charge is 0.260 e. The molecule has 0 aliphatic carbocycles. The number of rotatable bonds is 6. The number of ether oxygens (including phenoxy) is 2. The summed E-state index contributed by atoms with van der Waals surface area (Å²) in [5.41, 5.74) is 0.536. The lowest BCUT2D eigenvalue weighted by Gasteiger charge is -2.43. The van der Waals surface area contributed by atoms with Crippen molar-refractivity contribution in [3.63, 3.8) is 0 Å². The Hall–Kier alpha value is -1.75. The highest BCUT2D eigenvalue weighted by atomic mass is 32.2. The predicted molar refractivity (Wildman–Crippen MR) is 101 cm³/mol. The summed E-state index contributed by atoms with van der Waals surface area (Å²) in [6.45, 7) is 5.72. The quantitative estimate of drug-likeness (QED) is 0.815. The number of amides is 1. The average molecular weight is 375 g/mol. The molecule has 2 fully saturated rings. The highest BCUT2D eigenvalue weighted by molar-refractivity contribution is 7.99. The molecule has 1 amide bonds. The van der Waals surface area contributed by atoms with Gasteiger partial charge in [0.2, 0.25) is 0 Å². The first-order chi connectivity index (χ1) is 12.6. The molecule has 6 nitrogen and oxygen atoms in total. The average Bonchev–Trinajstić information content (AvgIpc) is 3.17. The molecule has 2 heterocycles. The summed E-state index contributed by atoms with van der Waals surface area (Å²) < 4.78 is 11.2. The standard InChI is InChI=1S/C19H25N3O3S/c1-15(25-17-4-2-3-16(11-17)12-20)18(23)21-13-19(5-10-26-14-19)22-6-8-24-9-7-22/h2-4,11,15H,5-10,13-14H2,1H3,(H,21,23)/t15-,19-/m1/s1. The van der Waals surface area contributed by atoms with Crippen molar-refractivity contribution in [2.45, 2.75) is 25.0 Å². The molecule has 0 bridgehead atoms. The Kier molecular flexibility index (Phi) is 6.41. The number of nitrogens with one attached hydrogen (secondary N) is 1. The van der Waals surface area contributed by atoms with Crippen molar-refractivity contribution >= 4 is 17.7 Å². The first-order valence-corrected chi connectivity index (χ1v) is 10.1. The number of morpholine rings is 1. The second kappa shape index (κ2) is 8.76. The molecule has 0 saturated carbocycles. The Morgan fingerprint density at radius 2 is 2.31 bits per heavy atom. The third kappa shape index (κ3) is 4.50. The lowest BCUT2D eigenvalue weighted by atomic mass is 9.95. The summed E-state index contributed by atoms with van der Waals surface area (Å²) >= 11 is 1.95. The Balaban J connectivity index is 1.56. The summed E-state index contributed by atoms with van der Waals surface area (Å²) in [6.07, 6.45) is 0.469. The van der Waals surface area contributed by atoms with Crippen molar-refractivity contribution in [3.05, 3.63) is 29.8 Å². The number of hydrogen-bond donors (Lipinski definition) is 1. The molecule has 2 aliphatic rings. The highest BCUT2D eigenvalue weighted by Crippen LogP contribution is 2.33. The van der Waals surface area contributed by atoms with Crippen LogP contribution in [0.2, 0.25) is 0 Å². The van der Waals surface area contributed by atoms with Crippen LogP contribution in [0.4, 0.5) is 0 Å². The van der Waals surface area contributed by atoms with E-state index in [1.54, 1.807) is 31.2 Å². The van der Waals surface area contributed by atoms with Gasteiger partial charge in [0.1, 0.15) is 5.75 Å². The normalized spacial score (nSPS) is 24.6. The van der Waals surface area contributed by atoms with Crippen LogP contribution in [-0.4, -0.2) is 66.8 Å². The number of hydrogen-bond acceptors (Lipinski definition) is 6. The number of benzene rings is 1. The maximum atomic E-state index is 12.5. The molecule has 1 aromatic carbocycles. The van der Waals surface area contributed by atoms with E-state index >= 15 is 0 Å². The minimum Gasteiger partial charge on any atom is -0.481 e. The molecule has 26 heavy (non-hydrogen) atoms. The van der Waals surface area contributed by atoms with Gasteiger partial charge in [-0.25, -0.2) is 0 Å². The van der Waals surface area contributed by atoms with Crippen LogP contribution in [0.25, 0.3) is 0 Å². The Bertz CT molecular complexity index is 664. The Morgan fingerprint density at radius 3 is 3.00 bits per heavy atom. The summed E-state index contributed by atoms with van der Waals surface area (Å²) in [7, 11) is 0. The van der Waals surface area contributed by atoms with E-state index in [1.165, 1.54) is 0 Å². The zero-order chi connectivity index (χ0) is 18.4. The van der Waals surface area contributed by atoms with Crippen molar-refractivity contribution < 1.29 is 14.3 Å². The number of nitriles is 1. The van der Waals surface area contributed by atoms with Gasteiger partial charge < -0.3 is 14.8 Å². The zero-order valence-corrected chi connectivity index (χ0v) is 15.9. The van der Waals surface area contributed by atoms with E-state index in [4.69, 9.17) is 14.7 Å². The SMILES string of the molecule is C[C@@H](Oc1cccc(C#N)c1)C(=O)NC[C@]1(N2CCOCC2)CCSC1. The number of carbonyl (C=O) groups excluding carboxylic acids is 1. The molecule has 0 radical (unpaired) electrons. The van der Waals surface area contributed by atoms with E-state index in [1.807, 2.05) is 11.8 Å². The molecule has 2 saturated heterocycles. The van der Waals surface area contributed by atoms with Crippen molar-refractivity contribution in [3.8, 4) is 11.8 Å². The van der Waals surface area contributed by atoms with Gasteiger partial charge in [-0.1, -0.05) is 6.07 Å². The van der Waals surface area contributed by atoms with Crippen molar-refractivity contribution in [1.29, 1.82) is 5.26 Å². The Morgan fingerprint density at radius 1 is 1.50 bits per heavy atom. The molecule has 0 spiro atoms. The maximum absolute atomic E-state index is 12.5. The topological polar surface area (TPSA) is 74.6 Å². The van der Waals surface area contributed by atoms with Gasteiger partial charge in [0.15, 0.2) is 6.10 Å². The van der Waals surface area contributed by atoms with Crippen LogP contribution in [0.3, 0.4) is 0 Å². The van der Waals surface area contributed by atoms with E-state index in [-0.39, 0.29) is 11.4 Å². The van der Waals surface area contributed by atoms with E-state index in [2.05, 4.69) is 16.3 Å². The van der Waals surface area contributed by atoms with Gasteiger partial charge in [-0.05, 0) is 37.3 Å². The fraction of sp³-hybridized carbons (Fsp3) is 0.579. The summed E-state index contributed by atoms with van der Waals surface area (Å²) in [5.74, 6) is 2.57. The summed E-state index contributed by atoms with van der Waals surface area (Å²) in [5, 5.41) is 12.0. The molecule has 1 N–H and O–H groups in total. The van der Waals surface area contributed by atoms with Crippen LogP contribution < -0.4 is 10.1 Å². The predicted octanol–water partition coefficient (Wildman–Crippen LogP) is 1.65. The minimum atomic E-state index is -0.611. The van der Waals surface area contributed by atoms with Crippen LogP contribution in [-0.2, 0) is 9.53 Å². The number of carbonyl (C=O) groups is 1. The van der Waals surface area contributed by atoms with E-state index in [0.717, 1.165) is 44.2 Å².